The summed E-state index contributed by atoms with van der Waals surface area (Å²) in [5.41, 5.74) is 1.02. The second-order valence-corrected chi connectivity index (χ2v) is 5.23. The number of rotatable bonds is 4. The van der Waals surface area contributed by atoms with Gasteiger partial charge >= 0.3 is 5.97 Å². The molecule has 0 unspecified atom stereocenters. The van der Waals surface area contributed by atoms with Gasteiger partial charge in [-0.1, -0.05) is 23.7 Å². The smallest absolute Gasteiger partial charge is 0.308 e. The summed E-state index contributed by atoms with van der Waals surface area (Å²) in [6, 6.07) is 7.44. The first-order chi connectivity index (χ1) is 9.06. The lowest BCUT2D eigenvalue weighted by Crippen LogP contribution is -2.30. The number of aryl methyl sites for hydroxylation is 1. The first kappa shape index (κ1) is 13.9. The molecule has 19 heavy (non-hydrogen) atoms. The molecule has 1 fully saturated rings. The first-order valence-electron chi connectivity index (χ1n) is 6.31. The van der Waals surface area contributed by atoms with Gasteiger partial charge in [-0.25, -0.2) is 0 Å². The Bertz CT molecular complexity index is 489. The van der Waals surface area contributed by atoms with Gasteiger partial charge in [0.2, 0.25) is 5.91 Å². The van der Waals surface area contributed by atoms with Crippen LogP contribution in [-0.4, -0.2) is 35.0 Å². The molecule has 4 nitrogen and oxygen atoms in total. The van der Waals surface area contributed by atoms with Crippen molar-refractivity contribution < 1.29 is 14.7 Å². The molecule has 1 N–H and O–H groups in total. The lowest BCUT2D eigenvalue weighted by atomic mass is 10.1. The maximum Gasteiger partial charge on any atom is 0.308 e. The van der Waals surface area contributed by atoms with Gasteiger partial charge in [0.25, 0.3) is 0 Å². The summed E-state index contributed by atoms with van der Waals surface area (Å²) in [4.78, 5) is 24.4. The Labute approximate surface area is 117 Å². The number of carboxylic acids is 1. The molecule has 102 valence electrons. The third-order valence-corrected chi connectivity index (χ3v) is 3.64. The molecule has 1 aromatic rings. The van der Waals surface area contributed by atoms with E-state index in [-0.39, 0.29) is 5.91 Å². The summed E-state index contributed by atoms with van der Waals surface area (Å²) in [6.45, 7) is 0.884. The average Bonchev–Trinajstić information content (AvgIpc) is 2.86. The molecule has 0 aliphatic carbocycles. The molecular weight excluding hydrogens is 266 g/mol. The van der Waals surface area contributed by atoms with Gasteiger partial charge in [-0.15, -0.1) is 0 Å². The zero-order chi connectivity index (χ0) is 13.8. The number of benzene rings is 1. The van der Waals surface area contributed by atoms with Crippen molar-refractivity contribution in [3.63, 3.8) is 0 Å². The number of hydrogen-bond acceptors (Lipinski definition) is 2. The molecule has 1 aliphatic heterocycles. The SMILES string of the molecule is O=C(O)[C@@H]1CCN(C(=O)CCc2cccc(Cl)c2)C1. The van der Waals surface area contributed by atoms with E-state index in [1.807, 2.05) is 18.2 Å². The third kappa shape index (κ3) is 3.70. The number of halogens is 1. The number of nitrogens with zero attached hydrogens (tertiary/aromatic N) is 1. The van der Waals surface area contributed by atoms with E-state index >= 15 is 0 Å². The van der Waals surface area contributed by atoms with Crippen LogP contribution in [0, 0.1) is 5.92 Å². The summed E-state index contributed by atoms with van der Waals surface area (Å²) >= 11 is 5.88. The van der Waals surface area contributed by atoms with E-state index in [1.165, 1.54) is 0 Å². The van der Waals surface area contributed by atoms with Crippen molar-refractivity contribution >= 4 is 23.5 Å². The largest absolute Gasteiger partial charge is 0.481 e. The van der Waals surface area contributed by atoms with Crippen LogP contribution in [0.1, 0.15) is 18.4 Å². The van der Waals surface area contributed by atoms with Crippen molar-refractivity contribution in [1.29, 1.82) is 0 Å². The second-order valence-electron chi connectivity index (χ2n) is 4.79. The van der Waals surface area contributed by atoms with E-state index in [0.29, 0.717) is 37.4 Å². The van der Waals surface area contributed by atoms with E-state index in [9.17, 15) is 9.59 Å². The Morgan fingerprint density at radius 2 is 2.21 bits per heavy atom. The molecule has 1 saturated heterocycles. The minimum absolute atomic E-state index is 0.0173. The molecule has 0 aromatic heterocycles. The van der Waals surface area contributed by atoms with Gasteiger partial charge in [0.15, 0.2) is 0 Å². The highest BCUT2D eigenvalue weighted by atomic mass is 35.5. The lowest BCUT2D eigenvalue weighted by Gasteiger charge is -2.15. The minimum atomic E-state index is -0.815. The van der Waals surface area contributed by atoms with Crippen LogP contribution in [0.15, 0.2) is 24.3 Å². The van der Waals surface area contributed by atoms with Gasteiger partial charge in [0.1, 0.15) is 0 Å². The zero-order valence-electron chi connectivity index (χ0n) is 10.5. The quantitative estimate of drug-likeness (QED) is 0.920. The first-order valence-corrected chi connectivity index (χ1v) is 6.69. The molecule has 1 aromatic carbocycles. The summed E-state index contributed by atoms with van der Waals surface area (Å²) < 4.78 is 0. The fraction of sp³-hybridized carbons (Fsp3) is 0.429. The number of aliphatic carboxylic acids is 1. The summed E-state index contributed by atoms with van der Waals surface area (Å²) in [5, 5.41) is 9.56. The van der Waals surface area contributed by atoms with Crippen LogP contribution in [0.2, 0.25) is 5.02 Å². The number of carboxylic acid groups (broad SMARTS) is 1. The second kappa shape index (κ2) is 6.06. The van der Waals surface area contributed by atoms with E-state index < -0.39 is 11.9 Å². The molecule has 1 heterocycles. The Morgan fingerprint density at radius 3 is 2.84 bits per heavy atom. The van der Waals surface area contributed by atoms with Crippen molar-refractivity contribution in [3.05, 3.63) is 34.9 Å². The average molecular weight is 282 g/mol. The molecule has 1 atom stereocenters. The number of amides is 1. The number of hydrogen-bond donors (Lipinski definition) is 1. The van der Waals surface area contributed by atoms with Crippen LogP contribution < -0.4 is 0 Å². The standard InChI is InChI=1S/C14H16ClNO3/c15-12-3-1-2-10(8-12)4-5-13(17)16-7-6-11(9-16)14(18)19/h1-3,8,11H,4-7,9H2,(H,18,19)/t11-/m1/s1. The van der Waals surface area contributed by atoms with Crippen molar-refractivity contribution in [3.8, 4) is 0 Å². The molecule has 0 bridgehead atoms. The van der Waals surface area contributed by atoms with Gasteiger partial charge in [0, 0.05) is 24.5 Å². The fourth-order valence-electron chi connectivity index (χ4n) is 2.29. The van der Waals surface area contributed by atoms with Crippen LogP contribution >= 0.6 is 11.6 Å². The fourth-order valence-corrected chi connectivity index (χ4v) is 2.50. The van der Waals surface area contributed by atoms with Crippen LogP contribution in [-0.2, 0) is 16.0 Å². The summed E-state index contributed by atoms with van der Waals surface area (Å²) in [5.74, 6) is -1.20. The normalized spacial score (nSPS) is 18.6. The van der Waals surface area contributed by atoms with E-state index in [2.05, 4.69) is 0 Å². The molecular formula is C14H16ClNO3. The number of likely N-dealkylation sites (tertiary alicyclic amines) is 1. The molecule has 5 heteroatoms. The van der Waals surface area contributed by atoms with Crippen molar-refractivity contribution in [2.24, 2.45) is 5.92 Å². The van der Waals surface area contributed by atoms with Gasteiger partial charge in [-0.3, -0.25) is 9.59 Å². The monoisotopic (exact) mass is 281 g/mol. The van der Waals surface area contributed by atoms with Gasteiger partial charge in [-0.05, 0) is 30.5 Å². The predicted octanol–water partition coefficient (Wildman–Crippen LogP) is 2.21. The minimum Gasteiger partial charge on any atom is -0.481 e. The Morgan fingerprint density at radius 1 is 1.42 bits per heavy atom. The highest BCUT2D eigenvalue weighted by Gasteiger charge is 2.30. The number of carbonyl (C=O) groups excluding carboxylic acids is 1. The molecule has 1 amide bonds. The zero-order valence-corrected chi connectivity index (χ0v) is 11.3. The Kier molecular flexibility index (Phi) is 4.43. The van der Waals surface area contributed by atoms with Crippen LogP contribution in [0.4, 0.5) is 0 Å². The molecule has 0 radical (unpaired) electrons. The highest BCUT2D eigenvalue weighted by Crippen LogP contribution is 2.18. The van der Waals surface area contributed by atoms with Crippen LogP contribution in [0.25, 0.3) is 0 Å². The molecule has 1 aliphatic rings. The highest BCUT2D eigenvalue weighted by molar-refractivity contribution is 6.30. The molecule has 2 rings (SSSR count). The van der Waals surface area contributed by atoms with E-state index in [1.54, 1.807) is 11.0 Å². The molecule has 0 spiro atoms. The van der Waals surface area contributed by atoms with Gasteiger partial charge in [-0.2, -0.15) is 0 Å². The van der Waals surface area contributed by atoms with Crippen molar-refractivity contribution in [2.75, 3.05) is 13.1 Å². The van der Waals surface area contributed by atoms with E-state index in [0.717, 1.165) is 5.56 Å². The maximum absolute atomic E-state index is 12.0. The van der Waals surface area contributed by atoms with Crippen LogP contribution in [0.5, 0.6) is 0 Å². The third-order valence-electron chi connectivity index (χ3n) is 3.41. The Hall–Kier alpha value is -1.55. The van der Waals surface area contributed by atoms with Crippen molar-refractivity contribution in [1.82, 2.24) is 4.90 Å². The number of carbonyl (C=O) groups is 2. The lowest BCUT2D eigenvalue weighted by molar-refractivity contribution is -0.141. The van der Waals surface area contributed by atoms with Crippen LogP contribution in [0.3, 0.4) is 0 Å². The topological polar surface area (TPSA) is 57.6 Å². The van der Waals surface area contributed by atoms with Crippen molar-refractivity contribution in [2.45, 2.75) is 19.3 Å². The summed E-state index contributed by atoms with van der Waals surface area (Å²) in [6.07, 6.45) is 1.58. The van der Waals surface area contributed by atoms with Gasteiger partial charge < -0.3 is 10.0 Å². The predicted molar refractivity (Wildman–Crippen MR) is 72.1 cm³/mol. The summed E-state index contributed by atoms with van der Waals surface area (Å²) in [7, 11) is 0. The Balaban J connectivity index is 1.84. The van der Waals surface area contributed by atoms with Gasteiger partial charge in [0.05, 0.1) is 5.92 Å². The maximum atomic E-state index is 12.0. The molecule has 0 saturated carbocycles. The van der Waals surface area contributed by atoms with E-state index in [4.69, 9.17) is 16.7 Å².